The number of hydrogen-bond donors (Lipinski definition) is 8. The van der Waals surface area contributed by atoms with Crippen molar-refractivity contribution in [3.8, 4) is 39.7 Å². The van der Waals surface area contributed by atoms with Gasteiger partial charge in [0.2, 0.25) is 17.5 Å². The molecule has 3 aromatic carbocycles. The van der Waals surface area contributed by atoms with Gasteiger partial charge in [-0.2, -0.15) is 0 Å². The molecular formula is C35H26Cl2N2O15. The first-order valence-electron chi connectivity index (χ1n) is 15.3. The molecule has 8 N–H and O–H groups in total. The van der Waals surface area contributed by atoms with Crippen LogP contribution in [0.3, 0.4) is 0 Å². The van der Waals surface area contributed by atoms with Crippen molar-refractivity contribution in [1.29, 1.82) is 0 Å². The SMILES string of the molecule is Cc1ccc(NC(C(=O)O)C(=O)O)c(OCCOc2cc(-c3c4cc(Cl)c(=O)cc-4oc4cc(O)c(Cl)cc34)c(C(=O)O)cc2NC(C(=O)O)C(=O)O)c1. The van der Waals surface area contributed by atoms with E-state index in [1.54, 1.807) is 13.0 Å². The Kier molecular flexibility index (Phi) is 11.0. The molecular weight excluding hydrogens is 759 g/mol. The number of nitrogens with one attached hydrogen (secondary N) is 2. The van der Waals surface area contributed by atoms with Gasteiger partial charge in [-0.25, -0.2) is 24.0 Å². The van der Waals surface area contributed by atoms with Crippen LogP contribution in [-0.4, -0.2) is 85.8 Å². The van der Waals surface area contributed by atoms with E-state index in [0.717, 1.165) is 24.3 Å². The molecule has 0 spiro atoms. The summed E-state index contributed by atoms with van der Waals surface area (Å²) in [6.45, 7) is 0.969. The second-order valence-corrected chi connectivity index (χ2v) is 12.3. The summed E-state index contributed by atoms with van der Waals surface area (Å²) >= 11 is 12.4. The molecule has 54 heavy (non-hydrogen) atoms. The Hall–Kier alpha value is -6.72. The summed E-state index contributed by atoms with van der Waals surface area (Å²) < 4.78 is 17.5. The number of phenolic OH excluding ortho intramolecular Hbond substituents is 1. The van der Waals surface area contributed by atoms with Crippen molar-refractivity contribution in [2.45, 2.75) is 19.0 Å². The van der Waals surface area contributed by atoms with Gasteiger partial charge >= 0.3 is 29.8 Å². The van der Waals surface area contributed by atoms with E-state index in [-0.39, 0.29) is 72.9 Å². The molecule has 3 aromatic rings. The number of aromatic hydroxyl groups is 1. The lowest BCUT2D eigenvalue weighted by Gasteiger charge is -2.22. The van der Waals surface area contributed by atoms with Crippen LogP contribution in [0, 0.1) is 6.92 Å². The van der Waals surface area contributed by atoms with Crippen molar-refractivity contribution >= 4 is 75.4 Å². The van der Waals surface area contributed by atoms with Crippen LogP contribution in [0.1, 0.15) is 15.9 Å². The molecule has 1 heterocycles. The zero-order chi connectivity index (χ0) is 39.6. The Morgan fingerprint density at radius 3 is 1.87 bits per heavy atom. The fourth-order valence-electron chi connectivity index (χ4n) is 5.33. The van der Waals surface area contributed by atoms with Crippen LogP contribution < -0.4 is 25.5 Å². The number of fused-ring (bicyclic) bond motifs is 2. The highest BCUT2D eigenvalue weighted by Crippen LogP contribution is 2.46. The summed E-state index contributed by atoms with van der Waals surface area (Å²) in [5.74, 6) is -9.27. The van der Waals surface area contributed by atoms with Crippen molar-refractivity contribution in [1.82, 2.24) is 0 Å². The molecule has 0 bridgehead atoms. The summed E-state index contributed by atoms with van der Waals surface area (Å²) in [7, 11) is 0. The number of carbonyl (C=O) groups is 5. The van der Waals surface area contributed by atoms with Gasteiger partial charge in [-0.3, -0.25) is 4.79 Å². The third-order valence-electron chi connectivity index (χ3n) is 7.78. The van der Waals surface area contributed by atoms with E-state index in [1.807, 2.05) is 0 Å². The highest BCUT2D eigenvalue weighted by Gasteiger charge is 2.30. The maximum Gasteiger partial charge on any atom is 0.337 e. The van der Waals surface area contributed by atoms with E-state index < -0.39 is 65.3 Å². The topological polar surface area (TPSA) is 279 Å². The Bertz CT molecular complexity index is 2370. The number of benzene rings is 4. The van der Waals surface area contributed by atoms with Gasteiger partial charge in [0.05, 0.1) is 27.0 Å². The molecule has 19 heteroatoms. The van der Waals surface area contributed by atoms with Crippen molar-refractivity contribution < 1.29 is 68.5 Å². The predicted octanol–water partition coefficient (Wildman–Crippen LogP) is 4.94. The molecule has 0 amide bonds. The molecule has 0 unspecified atom stereocenters. The van der Waals surface area contributed by atoms with Crippen molar-refractivity contribution in [2.24, 2.45) is 0 Å². The van der Waals surface area contributed by atoms with Gasteiger partial charge in [-0.15, -0.1) is 0 Å². The van der Waals surface area contributed by atoms with E-state index in [4.69, 9.17) is 37.1 Å². The van der Waals surface area contributed by atoms with Crippen LogP contribution in [0.4, 0.5) is 11.4 Å². The van der Waals surface area contributed by atoms with E-state index in [9.17, 15) is 59.4 Å². The normalized spacial score (nSPS) is 11.1. The van der Waals surface area contributed by atoms with Crippen LogP contribution in [0.15, 0.2) is 63.8 Å². The van der Waals surface area contributed by atoms with Crippen LogP contribution in [0.5, 0.6) is 17.2 Å². The Morgan fingerprint density at radius 1 is 0.722 bits per heavy atom. The zero-order valence-electron chi connectivity index (χ0n) is 27.4. The average molecular weight is 785 g/mol. The van der Waals surface area contributed by atoms with Gasteiger partial charge in [0.25, 0.3) is 0 Å². The minimum atomic E-state index is -2.28. The van der Waals surface area contributed by atoms with Crippen molar-refractivity contribution in [2.75, 3.05) is 23.8 Å². The van der Waals surface area contributed by atoms with Gasteiger partial charge in [0.1, 0.15) is 41.8 Å². The quantitative estimate of drug-likeness (QED) is 0.0396. The number of halogens is 2. The van der Waals surface area contributed by atoms with Crippen LogP contribution >= 0.6 is 23.2 Å². The van der Waals surface area contributed by atoms with Gasteiger partial charge in [-0.1, -0.05) is 29.3 Å². The lowest BCUT2D eigenvalue weighted by Crippen LogP contribution is -2.37. The Labute approximate surface area is 311 Å². The van der Waals surface area contributed by atoms with Crippen molar-refractivity contribution in [3.05, 3.63) is 86.0 Å². The maximum atomic E-state index is 12.8. The first-order chi connectivity index (χ1) is 25.5. The fraction of sp³-hybridized carbons (Fsp3) is 0.143. The van der Waals surface area contributed by atoms with Gasteiger partial charge in [-0.05, 0) is 48.9 Å². The third kappa shape index (κ3) is 8.01. The number of rotatable bonds is 15. The molecule has 17 nitrogen and oxygen atoms in total. The molecule has 1 aliphatic heterocycles. The summed E-state index contributed by atoms with van der Waals surface area (Å²) in [5.41, 5.74) is -0.878. The number of carboxylic acid groups (broad SMARTS) is 5. The molecule has 2 aliphatic rings. The summed E-state index contributed by atoms with van der Waals surface area (Å²) in [6.07, 6.45) is 0. The summed E-state index contributed by atoms with van der Waals surface area (Å²) in [4.78, 5) is 71.9. The summed E-state index contributed by atoms with van der Waals surface area (Å²) in [5, 5.41) is 62.8. The second-order valence-electron chi connectivity index (χ2n) is 11.5. The minimum Gasteiger partial charge on any atom is -0.506 e. The first kappa shape index (κ1) is 38.5. The van der Waals surface area contributed by atoms with E-state index >= 15 is 0 Å². The summed E-state index contributed by atoms with van der Waals surface area (Å²) in [6, 6.07) is 6.93. The van der Waals surface area contributed by atoms with Crippen LogP contribution in [-0.2, 0) is 19.2 Å². The Morgan fingerprint density at radius 2 is 1.30 bits per heavy atom. The molecule has 0 atom stereocenters. The molecule has 0 aromatic heterocycles. The predicted molar refractivity (Wildman–Crippen MR) is 191 cm³/mol. The highest BCUT2D eigenvalue weighted by atomic mass is 35.5. The number of aromatic carboxylic acids is 1. The van der Waals surface area contributed by atoms with E-state index in [2.05, 4.69) is 10.6 Å². The number of carboxylic acids is 5. The second kappa shape index (κ2) is 15.5. The monoisotopic (exact) mass is 784 g/mol. The molecule has 0 saturated heterocycles. The number of aliphatic carboxylic acids is 4. The fourth-order valence-corrected chi connectivity index (χ4v) is 5.65. The van der Waals surface area contributed by atoms with Crippen LogP contribution in [0.25, 0.3) is 33.4 Å². The van der Waals surface area contributed by atoms with E-state index in [1.165, 1.54) is 24.3 Å². The number of anilines is 2. The molecule has 0 saturated carbocycles. The smallest absolute Gasteiger partial charge is 0.337 e. The molecule has 5 rings (SSSR count). The molecule has 0 fully saturated rings. The van der Waals surface area contributed by atoms with Gasteiger partial charge in [0.15, 0.2) is 0 Å². The minimum absolute atomic E-state index is 0.00875. The molecule has 0 radical (unpaired) electrons. The lowest BCUT2D eigenvalue weighted by molar-refractivity contribution is -0.150. The number of phenols is 1. The first-order valence-corrected chi connectivity index (χ1v) is 16.0. The largest absolute Gasteiger partial charge is 0.506 e. The maximum absolute atomic E-state index is 12.8. The number of hydrogen-bond acceptors (Lipinski definition) is 12. The Balaban J connectivity index is 1.64. The highest BCUT2D eigenvalue weighted by molar-refractivity contribution is 6.33. The molecule has 1 aliphatic carbocycles. The standard InChI is InChI=1S/C35H26Cl2N2O15/c1-13-2-3-20(38-29(32(44)45)33(46)47)26(6-13)52-4-5-53-27-10-14(15(31(42)43)9-21(27)39-30(34(48)49)35(50)51)28-16-7-18(36)22(40)11-24(16)54-25-12-23(41)19(37)8-17(25)28/h2-3,6-12,29-30,38-40H,4-5H2,1H3,(H,42,43)(H,44,45)(H,46,47)(H,48,49)(H,50,51). The van der Waals surface area contributed by atoms with Gasteiger partial charge < -0.3 is 55.2 Å². The number of aryl methyl sites for hydroxylation is 1. The zero-order valence-corrected chi connectivity index (χ0v) is 28.9. The third-order valence-corrected chi connectivity index (χ3v) is 8.38. The van der Waals surface area contributed by atoms with Crippen LogP contribution in [0.2, 0.25) is 10.0 Å². The molecule has 280 valence electrons. The average Bonchev–Trinajstić information content (AvgIpc) is 3.08. The van der Waals surface area contributed by atoms with Gasteiger partial charge in [0, 0.05) is 34.2 Å². The lowest BCUT2D eigenvalue weighted by atomic mass is 9.90. The van der Waals surface area contributed by atoms with Crippen molar-refractivity contribution in [3.63, 3.8) is 0 Å². The van der Waals surface area contributed by atoms with E-state index in [0.29, 0.717) is 5.56 Å². The number of ether oxygens (including phenoxy) is 2.